The summed E-state index contributed by atoms with van der Waals surface area (Å²) >= 11 is 0. The lowest BCUT2D eigenvalue weighted by atomic mass is 9.93. The first-order valence-corrected chi connectivity index (χ1v) is 4.75. The van der Waals surface area contributed by atoms with Gasteiger partial charge in [0.1, 0.15) is 17.1 Å². The molecule has 0 spiro atoms. The van der Waals surface area contributed by atoms with Crippen LogP contribution in [0.1, 0.15) is 18.9 Å². The van der Waals surface area contributed by atoms with Crippen molar-refractivity contribution in [1.82, 2.24) is 0 Å². The van der Waals surface area contributed by atoms with Gasteiger partial charge in [0.15, 0.2) is 0 Å². The molecule has 1 aromatic carbocycles. The SMILES string of the molecule is C[C@]1(CO)CCc2cc(O)ccc2O1. The quantitative estimate of drug-likeness (QED) is 0.711. The minimum atomic E-state index is -0.468. The van der Waals surface area contributed by atoms with Gasteiger partial charge in [-0.15, -0.1) is 0 Å². The Morgan fingerprint density at radius 3 is 3.00 bits per heavy atom. The molecule has 3 nitrogen and oxygen atoms in total. The third-order valence-electron chi connectivity index (χ3n) is 2.66. The fraction of sp³-hybridized carbons (Fsp3) is 0.455. The van der Waals surface area contributed by atoms with Crippen LogP contribution >= 0.6 is 0 Å². The number of phenolic OH excluding ortho intramolecular Hbond substituents is 1. The molecule has 1 aromatic rings. The molecule has 0 fully saturated rings. The molecule has 0 bridgehead atoms. The van der Waals surface area contributed by atoms with E-state index in [0.29, 0.717) is 0 Å². The highest BCUT2D eigenvalue weighted by Crippen LogP contribution is 2.34. The van der Waals surface area contributed by atoms with E-state index >= 15 is 0 Å². The van der Waals surface area contributed by atoms with E-state index in [2.05, 4.69) is 0 Å². The van der Waals surface area contributed by atoms with Gasteiger partial charge < -0.3 is 14.9 Å². The lowest BCUT2D eigenvalue weighted by Crippen LogP contribution is -2.39. The van der Waals surface area contributed by atoms with E-state index in [9.17, 15) is 5.11 Å². The van der Waals surface area contributed by atoms with Crippen molar-refractivity contribution in [3.8, 4) is 11.5 Å². The highest BCUT2D eigenvalue weighted by Gasteiger charge is 2.30. The van der Waals surface area contributed by atoms with Crippen molar-refractivity contribution in [2.45, 2.75) is 25.4 Å². The number of aliphatic hydroxyl groups excluding tert-OH is 1. The van der Waals surface area contributed by atoms with Gasteiger partial charge in [-0.3, -0.25) is 0 Å². The Bertz CT molecular complexity index is 348. The number of phenols is 1. The van der Waals surface area contributed by atoms with Crippen molar-refractivity contribution >= 4 is 0 Å². The van der Waals surface area contributed by atoms with E-state index in [-0.39, 0.29) is 12.4 Å². The molecule has 0 saturated carbocycles. The summed E-state index contributed by atoms with van der Waals surface area (Å²) in [7, 11) is 0. The Kier molecular flexibility index (Phi) is 2.11. The van der Waals surface area contributed by atoms with Gasteiger partial charge in [-0.1, -0.05) is 0 Å². The normalized spacial score (nSPS) is 25.3. The van der Waals surface area contributed by atoms with E-state index in [1.807, 2.05) is 6.92 Å². The molecule has 76 valence electrons. The Morgan fingerprint density at radius 1 is 1.50 bits per heavy atom. The first-order valence-electron chi connectivity index (χ1n) is 4.75. The minimum absolute atomic E-state index is 0.0211. The van der Waals surface area contributed by atoms with Crippen LogP contribution in [-0.2, 0) is 6.42 Å². The van der Waals surface area contributed by atoms with E-state index in [4.69, 9.17) is 9.84 Å². The molecule has 1 aliphatic heterocycles. The molecule has 2 rings (SSSR count). The van der Waals surface area contributed by atoms with Crippen molar-refractivity contribution in [2.24, 2.45) is 0 Å². The van der Waals surface area contributed by atoms with E-state index < -0.39 is 5.60 Å². The Balaban J connectivity index is 2.31. The number of aryl methyl sites for hydroxylation is 1. The van der Waals surface area contributed by atoms with Gasteiger partial charge in [-0.05, 0) is 43.5 Å². The second-order valence-electron chi connectivity index (χ2n) is 4.00. The number of aromatic hydroxyl groups is 1. The molecular weight excluding hydrogens is 180 g/mol. The van der Waals surface area contributed by atoms with Gasteiger partial charge in [0.25, 0.3) is 0 Å². The number of aliphatic hydroxyl groups is 1. The standard InChI is InChI=1S/C11H14O3/c1-11(7-12)5-4-8-6-9(13)2-3-10(8)14-11/h2-3,6,12-13H,4-5,7H2,1H3/t11-/m1/s1. The average molecular weight is 194 g/mol. The number of hydrogen-bond acceptors (Lipinski definition) is 3. The van der Waals surface area contributed by atoms with Crippen LogP contribution in [0.5, 0.6) is 11.5 Å². The summed E-state index contributed by atoms with van der Waals surface area (Å²) in [5, 5.41) is 18.4. The van der Waals surface area contributed by atoms with Gasteiger partial charge in [0, 0.05) is 0 Å². The van der Waals surface area contributed by atoms with Crippen molar-refractivity contribution in [1.29, 1.82) is 0 Å². The predicted molar refractivity (Wildman–Crippen MR) is 52.5 cm³/mol. The van der Waals surface area contributed by atoms with E-state index in [1.165, 1.54) is 0 Å². The molecule has 1 heterocycles. The maximum Gasteiger partial charge on any atom is 0.129 e. The number of hydrogen-bond donors (Lipinski definition) is 2. The molecule has 1 atom stereocenters. The molecule has 0 aliphatic carbocycles. The summed E-state index contributed by atoms with van der Waals surface area (Å²) in [6, 6.07) is 5.06. The summed E-state index contributed by atoms with van der Waals surface area (Å²) in [6.45, 7) is 1.91. The molecule has 0 unspecified atom stereocenters. The number of ether oxygens (including phenoxy) is 1. The van der Waals surface area contributed by atoms with Crippen molar-refractivity contribution in [3.05, 3.63) is 23.8 Å². The van der Waals surface area contributed by atoms with Gasteiger partial charge in [-0.2, -0.15) is 0 Å². The summed E-state index contributed by atoms with van der Waals surface area (Å²) in [5.41, 5.74) is 0.542. The lowest BCUT2D eigenvalue weighted by molar-refractivity contribution is 0.00801. The lowest BCUT2D eigenvalue weighted by Gasteiger charge is -2.34. The first kappa shape index (κ1) is 9.34. The Morgan fingerprint density at radius 2 is 2.29 bits per heavy atom. The summed E-state index contributed by atoms with van der Waals surface area (Å²) < 4.78 is 5.66. The Labute approximate surface area is 83.0 Å². The molecule has 3 heteroatoms. The van der Waals surface area contributed by atoms with E-state index in [0.717, 1.165) is 24.2 Å². The van der Waals surface area contributed by atoms with Crippen LogP contribution in [0.2, 0.25) is 0 Å². The van der Waals surface area contributed by atoms with Gasteiger partial charge in [0.05, 0.1) is 6.61 Å². The minimum Gasteiger partial charge on any atom is -0.508 e. The van der Waals surface area contributed by atoms with Crippen LogP contribution in [-0.4, -0.2) is 22.4 Å². The van der Waals surface area contributed by atoms with Crippen LogP contribution in [0, 0.1) is 0 Å². The van der Waals surface area contributed by atoms with Crippen LogP contribution < -0.4 is 4.74 Å². The zero-order valence-corrected chi connectivity index (χ0v) is 8.16. The Hall–Kier alpha value is -1.22. The monoisotopic (exact) mass is 194 g/mol. The van der Waals surface area contributed by atoms with Gasteiger partial charge in [-0.25, -0.2) is 0 Å². The second-order valence-corrected chi connectivity index (χ2v) is 4.00. The molecule has 0 amide bonds. The summed E-state index contributed by atoms with van der Waals surface area (Å²) in [6.07, 6.45) is 1.61. The van der Waals surface area contributed by atoms with Gasteiger partial charge >= 0.3 is 0 Å². The predicted octanol–water partition coefficient (Wildman–Crippen LogP) is 1.47. The highest BCUT2D eigenvalue weighted by atomic mass is 16.5. The molecule has 2 N–H and O–H groups in total. The van der Waals surface area contributed by atoms with Crippen LogP contribution in [0.3, 0.4) is 0 Å². The van der Waals surface area contributed by atoms with Crippen LogP contribution in [0.25, 0.3) is 0 Å². The smallest absolute Gasteiger partial charge is 0.129 e. The number of benzene rings is 1. The third kappa shape index (κ3) is 1.55. The topological polar surface area (TPSA) is 49.7 Å². The summed E-state index contributed by atoms with van der Waals surface area (Å²) in [5.74, 6) is 1.03. The van der Waals surface area contributed by atoms with Crippen molar-refractivity contribution < 1.29 is 14.9 Å². The van der Waals surface area contributed by atoms with Crippen LogP contribution in [0.4, 0.5) is 0 Å². The molecule has 0 aromatic heterocycles. The maximum absolute atomic E-state index is 9.27. The van der Waals surface area contributed by atoms with Crippen molar-refractivity contribution in [3.63, 3.8) is 0 Å². The molecular formula is C11H14O3. The average Bonchev–Trinajstić information content (AvgIpc) is 2.19. The molecule has 0 saturated heterocycles. The van der Waals surface area contributed by atoms with E-state index in [1.54, 1.807) is 18.2 Å². The molecule has 14 heavy (non-hydrogen) atoms. The second kappa shape index (κ2) is 3.17. The van der Waals surface area contributed by atoms with Gasteiger partial charge in [0.2, 0.25) is 0 Å². The molecule has 1 aliphatic rings. The fourth-order valence-corrected chi connectivity index (χ4v) is 1.69. The number of fused-ring (bicyclic) bond motifs is 1. The maximum atomic E-state index is 9.27. The third-order valence-corrected chi connectivity index (χ3v) is 2.66. The molecule has 0 radical (unpaired) electrons. The van der Waals surface area contributed by atoms with Crippen LogP contribution in [0.15, 0.2) is 18.2 Å². The zero-order valence-electron chi connectivity index (χ0n) is 8.16. The van der Waals surface area contributed by atoms with Crippen molar-refractivity contribution in [2.75, 3.05) is 6.61 Å². The fourth-order valence-electron chi connectivity index (χ4n) is 1.69. The summed E-state index contributed by atoms with van der Waals surface area (Å²) in [4.78, 5) is 0. The number of rotatable bonds is 1. The largest absolute Gasteiger partial charge is 0.508 e. The first-order chi connectivity index (χ1) is 6.63. The highest BCUT2D eigenvalue weighted by molar-refractivity contribution is 5.41. The zero-order chi connectivity index (χ0) is 10.2.